The molecule has 1 N–H and O–H groups in total. The first-order valence-electron chi connectivity index (χ1n) is 7.12. The van der Waals surface area contributed by atoms with Crippen molar-refractivity contribution in [2.75, 3.05) is 12.4 Å². The summed E-state index contributed by atoms with van der Waals surface area (Å²) in [7, 11) is 1.33. The molecule has 3 rings (SSSR count). The van der Waals surface area contributed by atoms with Crippen LogP contribution in [0.15, 0.2) is 29.6 Å². The summed E-state index contributed by atoms with van der Waals surface area (Å²) in [5.74, 6) is -0.424. The van der Waals surface area contributed by atoms with Gasteiger partial charge in [0.2, 0.25) is 5.91 Å². The standard InChI is InChI=1S/C16H15ClN2O3S/c1-22-13(20)8-12-9-23-15(18-12)19-14(21)16(6-7-16)10-2-4-11(17)5-3-10/h2-5,9H,6-8H2,1H3,(H,18,19,21). The molecule has 1 aromatic heterocycles. The lowest BCUT2D eigenvalue weighted by molar-refractivity contribution is -0.139. The lowest BCUT2D eigenvalue weighted by Crippen LogP contribution is -2.27. The predicted molar refractivity (Wildman–Crippen MR) is 88.8 cm³/mol. The van der Waals surface area contributed by atoms with Crippen LogP contribution in [0.4, 0.5) is 5.13 Å². The summed E-state index contributed by atoms with van der Waals surface area (Å²) in [6.07, 6.45) is 1.72. The summed E-state index contributed by atoms with van der Waals surface area (Å²) in [5, 5.41) is 5.74. The number of aromatic nitrogens is 1. The third-order valence-corrected chi connectivity index (χ3v) is 4.97. The lowest BCUT2D eigenvalue weighted by atomic mass is 9.95. The minimum absolute atomic E-state index is 0.0706. The van der Waals surface area contributed by atoms with Gasteiger partial charge in [0.25, 0.3) is 0 Å². The van der Waals surface area contributed by atoms with Gasteiger partial charge in [-0.25, -0.2) is 4.98 Å². The van der Waals surface area contributed by atoms with Crippen molar-refractivity contribution < 1.29 is 14.3 Å². The fraction of sp³-hybridized carbons (Fsp3) is 0.312. The van der Waals surface area contributed by atoms with E-state index in [1.54, 1.807) is 17.5 Å². The Bertz CT molecular complexity index is 738. The fourth-order valence-electron chi connectivity index (χ4n) is 2.42. The van der Waals surface area contributed by atoms with E-state index in [0.29, 0.717) is 15.8 Å². The predicted octanol–water partition coefficient (Wildman–Crippen LogP) is 3.18. The molecule has 0 saturated heterocycles. The van der Waals surface area contributed by atoms with Crippen LogP contribution >= 0.6 is 22.9 Å². The molecular weight excluding hydrogens is 336 g/mol. The van der Waals surface area contributed by atoms with Gasteiger partial charge in [0.1, 0.15) is 0 Å². The number of amides is 1. The Labute approximate surface area is 142 Å². The molecule has 0 unspecified atom stereocenters. The van der Waals surface area contributed by atoms with Gasteiger partial charge in [0.05, 0.1) is 24.6 Å². The highest BCUT2D eigenvalue weighted by molar-refractivity contribution is 7.14. The number of rotatable bonds is 5. The number of hydrogen-bond donors (Lipinski definition) is 1. The van der Waals surface area contributed by atoms with Crippen molar-refractivity contribution in [3.8, 4) is 0 Å². The zero-order chi connectivity index (χ0) is 16.4. The molecule has 0 bridgehead atoms. The van der Waals surface area contributed by atoms with Crippen molar-refractivity contribution in [3.63, 3.8) is 0 Å². The number of anilines is 1. The molecule has 7 heteroatoms. The second kappa shape index (κ2) is 6.29. The van der Waals surface area contributed by atoms with E-state index in [1.807, 2.05) is 12.1 Å². The van der Waals surface area contributed by atoms with E-state index in [1.165, 1.54) is 18.4 Å². The highest BCUT2D eigenvalue weighted by Gasteiger charge is 2.51. The van der Waals surface area contributed by atoms with Gasteiger partial charge >= 0.3 is 5.97 Å². The molecule has 1 amide bonds. The van der Waals surface area contributed by atoms with E-state index in [-0.39, 0.29) is 18.3 Å². The maximum atomic E-state index is 12.6. The fourth-order valence-corrected chi connectivity index (χ4v) is 3.25. The number of hydrogen-bond acceptors (Lipinski definition) is 5. The maximum Gasteiger partial charge on any atom is 0.311 e. The van der Waals surface area contributed by atoms with Crippen molar-refractivity contribution >= 4 is 39.9 Å². The summed E-state index contributed by atoms with van der Waals surface area (Å²) in [5.41, 5.74) is 1.07. The van der Waals surface area contributed by atoms with Crippen molar-refractivity contribution in [2.45, 2.75) is 24.7 Å². The molecule has 2 aromatic rings. The average molecular weight is 351 g/mol. The topological polar surface area (TPSA) is 68.3 Å². The summed E-state index contributed by atoms with van der Waals surface area (Å²) < 4.78 is 4.60. The van der Waals surface area contributed by atoms with Gasteiger partial charge in [-0.1, -0.05) is 23.7 Å². The number of carbonyl (C=O) groups excluding carboxylic acids is 2. The normalized spacial score (nSPS) is 15.0. The molecule has 0 aliphatic heterocycles. The molecule has 1 aliphatic carbocycles. The lowest BCUT2D eigenvalue weighted by Gasteiger charge is -2.14. The Morgan fingerprint density at radius 2 is 2.04 bits per heavy atom. The smallest absolute Gasteiger partial charge is 0.311 e. The minimum atomic E-state index is -0.487. The van der Waals surface area contributed by atoms with Gasteiger partial charge in [-0.05, 0) is 30.5 Å². The van der Waals surface area contributed by atoms with Crippen LogP contribution in [0.3, 0.4) is 0 Å². The number of carbonyl (C=O) groups is 2. The van der Waals surface area contributed by atoms with Gasteiger partial charge in [0, 0.05) is 10.4 Å². The van der Waals surface area contributed by atoms with Gasteiger partial charge < -0.3 is 10.1 Å². The van der Waals surface area contributed by atoms with Crippen LogP contribution in [-0.2, 0) is 26.2 Å². The van der Waals surface area contributed by atoms with Gasteiger partial charge in [-0.15, -0.1) is 11.3 Å². The summed E-state index contributed by atoms with van der Waals surface area (Å²) in [4.78, 5) is 28.1. The van der Waals surface area contributed by atoms with E-state index in [2.05, 4.69) is 15.0 Å². The molecular formula is C16H15ClN2O3S. The summed E-state index contributed by atoms with van der Waals surface area (Å²) in [6, 6.07) is 7.36. The van der Waals surface area contributed by atoms with E-state index < -0.39 is 5.41 Å². The summed E-state index contributed by atoms with van der Waals surface area (Å²) in [6.45, 7) is 0. The average Bonchev–Trinajstić information content (AvgIpc) is 3.24. The molecule has 120 valence electrons. The third kappa shape index (κ3) is 3.38. The molecule has 1 aliphatic rings. The molecule has 1 fully saturated rings. The third-order valence-electron chi connectivity index (χ3n) is 3.91. The van der Waals surface area contributed by atoms with Crippen LogP contribution in [-0.4, -0.2) is 24.0 Å². The molecule has 1 saturated carbocycles. The van der Waals surface area contributed by atoms with Gasteiger partial charge in [-0.2, -0.15) is 0 Å². The van der Waals surface area contributed by atoms with Crippen LogP contribution in [0, 0.1) is 0 Å². The van der Waals surface area contributed by atoms with Crippen molar-refractivity contribution in [3.05, 3.63) is 45.9 Å². The number of esters is 1. The van der Waals surface area contributed by atoms with E-state index >= 15 is 0 Å². The molecule has 0 spiro atoms. The van der Waals surface area contributed by atoms with Crippen LogP contribution in [0.1, 0.15) is 24.1 Å². The number of halogens is 1. The molecule has 0 radical (unpaired) electrons. The number of thiazole rings is 1. The van der Waals surface area contributed by atoms with Gasteiger partial charge in [0.15, 0.2) is 5.13 Å². The molecule has 1 aromatic carbocycles. The second-order valence-electron chi connectivity index (χ2n) is 5.44. The zero-order valence-electron chi connectivity index (χ0n) is 12.5. The maximum absolute atomic E-state index is 12.6. The van der Waals surface area contributed by atoms with E-state index in [0.717, 1.165) is 18.4 Å². The molecule has 5 nitrogen and oxygen atoms in total. The number of ether oxygens (including phenoxy) is 1. The number of methoxy groups -OCH3 is 1. The largest absolute Gasteiger partial charge is 0.469 e. The van der Waals surface area contributed by atoms with Crippen LogP contribution in [0.5, 0.6) is 0 Å². The Kier molecular flexibility index (Phi) is 4.37. The Hall–Kier alpha value is -1.92. The highest BCUT2D eigenvalue weighted by atomic mass is 35.5. The van der Waals surface area contributed by atoms with E-state index in [9.17, 15) is 9.59 Å². The minimum Gasteiger partial charge on any atom is -0.469 e. The molecule has 1 heterocycles. The van der Waals surface area contributed by atoms with Crippen molar-refractivity contribution in [1.29, 1.82) is 0 Å². The van der Waals surface area contributed by atoms with Crippen molar-refractivity contribution in [2.24, 2.45) is 0 Å². The zero-order valence-corrected chi connectivity index (χ0v) is 14.0. The SMILES string of the molecule is COC(=O)Cc1csc(NC(=O)C2(c3ccc(Cl)cc3)CC2)n1. The van der Waals surface area contributed by atoms with Gasteiger partial charge in [-0.3, -0.25) is 9.59 Å². The van der Waals surface area contributed by atoms with Crippen LogP contribution < -0.4 is 5.32 Å². The molecule has 0 atom stereocenters. The Morgan fingerprint density at radius 1 is 1.35 bits per heavy atom. The quantitative estimate of drug-likeness (QED) is 0.841. The van der Waals surface area contributed by atoms with E-state index in [4.69, 9.17) is 11.6 Å². The monoisotopic (exact) mass is 350 g/mol. The second-order valence-corrected chi connectivity index (χ2v) is 6.73. The highest BCUT2D eigenvalue weighted by Crippen LogP contribution is 2.49. The number of nitrogens with one attached hydrogen (secondary N) is 1. The molecule has 23 heavy (non-hydrogen) atoms. The number of nitrogens with zero attached hydrogens (tertiary/aromatic N) is 1. The Morgan fingerprint density at radius 3 is 2.65 bits per heavy atom. The summed E-state index contributed by atoms with van der Waals surface area (Å²) >= 11 is 7.20. The van der Waals surface area contributed by atoms with Crippen molar-refractivity contribution in [1.82, 2.24) is 4.98 Å². The first-order chi connectivity index (χ1) is 11.0. The van der Waals surface area contributed by atoms with Crippen LogP contribution in [0.2, 0.25) is 5.02 Å². The Balaban J connectivity index is 1.69. The first-order valence-corrected chi connectivity index (χ1v) is 8.38. The number of benzene rings is 1. The van der Waals surface area contributed by atoms with Crippen LogP contribution in [0.25, 0.3) is 0 Å². The first kappa shape index (κ1) is 16.0.